The summed E-state index contributed by atoms with van der Waals surface area (Å²) in [6, 6.07) is 3.18. The molecule has 1 fully saturated rings. The number of benzene rings is 1. The zero-order chi connectivity index (χ0) is 16.3. The number of ether oxygens (including phenoxy) is 1. The van der Waals surface area contributed by atoms with E-state index in [9.17, 15) is 19.3 Å². The SMILES string of the molecule is CC(C)CN(C(=O)COc1cc(F)ccc1[N+](=O)[O-])C1CC1. The molecular weight excluding hydrogens is 291 g/mol. The van der Waals surface area contributed by atoms with Crippen LogP contribution in [0.25, 0.3) is 0 Å². The minimum atomic E-state index is -0.661. The van der Waals surface area contributed by atoms with E-state index in [4.69, 9.17) is 4.74 Å². The molecule has 0 bridgehead atoms. The van der Waals surface area contributed by atoms with Gasteiger partial charge in [-0.3, -0.25) is 14.9 Å². The number of nitrogens with zero attached hydrogens (tertiary/aromatic N) is 2. The number of hydrogen-bond donors (Lipinski definition) is 0. The fourth-order valence-corrected chi connectivity index (χ4v) is 2.21. The highest BCUT2D eigenvalue weighted by molar-refractivity contribution is 5.78. The van der Waals surface area contributed by atoms with Crippen molar-refractivity contribution in [1.82, 2.24) is 4.90 Å². The molecule has 0 spiro atoms. The van der Waals surface area contributed by atoms with E-state index in [0.717, 1.165) is 31.0 Å². The summed E-state index contributed by atoms with van der Waals surface area (Å²) in [7, 11) is 0. The van der Waals surface area contributed by atoms with Crippen LogP contribution in [0.15, 0.2) is 18.2 Å². The molecule has 0 aromatic heterocycles. The van der Waals surface area contributed by atoms with Crippen molar-refractivity contribution in [3.8, 4) is 5.75 Å². The van der Waals surface area contributed by atoms with E-state index in [1.54, 1.807) is 4.90 Å². The summed E-state index contributed by atoms with van der Waals surface area (Å²) < 4.78 is 18.4. The molecule has 0 heterocycles. The Bertz CT molecular complexity index is 573. The molecule has 0 unspecified atom stereocenters. The van der Waals surface area contributed by atoms with Gasteiger partial charge >= 0.3 is 5.69 Å². The molecular formula is C15H19FN2O4. The van der Waals surface area contributed by atoms with Crippen molar-refractivity contribution in [2.24, 2.45) is 5.92 Å². The van der Waals surface area contributed by atoms with E-state index >= 15 is 0 Å². The standard InChI is InChI=1S/C15H19FN2O4/c1-10(2)8-17(12-4-5-12)15(19)9-22-14-7-11(16)3-6-13(14)18(20)21/h3,6-7,10,12H,4-5,8-9H2,1-2H3. The van der Waals surface area contributed by atoms with Crippen molar-refractivity contribution in [3.05, 3.63) is 34.1 Å². The minimum Gasteiger partial charge on any atom is -0.477 e. The molecule has 1 aromatic carbocycles. The van der Waals surface area contributed by atoms with Crippen LogP contribution in [0.3, 0.4) is 0 Å². The molecule has 22 heavy (non-hydrogen) atoms. The Morgan fingerprint density at radius 3 is 2.73 bits per heavy atom. The average Bonchev–Trinajstić information content (AvgIpc) is 3.26. The van der Waals surface area contributed by atoms with Crippen LogP contribution in [-0.2, 0) is 4.79 Å². The van der Waals surface area contributed by atoms with Gasteiger partial charge in [-0.1, -0.05) is 13.8 Å². The lowest BCUT2D eigenvalue weighted by Crippen LogP contribution is -2.39. The zero-order valence-electron chi connectivity index (χ0n) is 12.6. The molecule has 6 nitrogen and oxygen atoms in total. The molecule has 0 atom stereocenters. The van der Waals surface area contributed by atoms with Crippen molar-refractivity contribution in [2.45, 2.75) is 32.7 Å². The lowest BCUT2D eigenvalue weighted by Gasteiger charge is -2.24. The average molecular weight is 310 g/mol. The van der Waals surface area contributed by atoms with Crippen LogP contribution in [-0.4, -0.2) is 34.9 Å². The van der Waals surface area contributed by atoms with Gasteiger partial charge in [-0.25, -0.2) is 4.39 Å². The summed E-state index contributed by atoms with van der Waals surface area (Å²) >= 11 is 0. The molecule has 2 rings (SSSR count). The van der Waals surface area contributed by atoms with Crippen LogP contribution >= 0.6 is 0 Å². The van der Waals surface area contributed by atoms with Crippen LogP contribution in [0.4, 0.5) is 10.1 Å². The number of halogens is 1. The maximum absolute atomic E-state index is 13.2. The molecule has 0 aliphatic heterocycles. The van der Waals surface area contributed by atoms with Crippen LogP contribution in [0.2, 0.25) is 0 Å². The summed E-state index contributed by atoms with van der Waals surface area (Å²) in [5.74, 6) is -0.768. The summed E-state index contributed by atoms with van der Waals surface area (Å²) in [6.07, 6.45) is 1.94. The first-order chi connectivity index (χ1) is 10.4. The van der Waals surface area contributed by atoms with Gasteiger partial charge in [0.05, 0.1) is 4.92 Å². The van der Waals surface area contributed by atoms with Crippen LogP contribution in [0.1, 0.15) is 26.7 Å². The van der Waals surface area contributed by atoms with Gasteiger partial charge in [-0.05, 0) is 24.8 Å². The lowest BCUT2D eigenvalue weighted by atomic mass is 10.2. The van der Waals surface area contributed by atoms with Gasteiger partial charge in [0.1, 0.15) is 5.82 Å². The molecule has 1 aromatic rings. The smallest absolute Gasteiger partial charge is 0.311 e. The highest BCUT2D eigenvalue weighted by Crippen LogP contribution is 2.29. The van der Waals surface area contributed by atoms with E-state index in [0.29, 0.717) is 12.5 Å². The largest absolute Gasteiger partial charge is 0.477 e. The number of rotatable bonds is 7. The highest BCUT2D eigenvalue weighted by atomic mass is 19.1. The number of nitro groups is 1. The predicted molar refractivity (Wildman–Crippen MR) is 78.1 cm³/mol. The Morgan fingerprint density at radius 2 is 2.18 bits per heavy atom. The summed E-state index contributed by atoms with van der Waals surface area (Å²) in [5, 5.41) is 10.9. The third kappa shape index (κ3) is 4.16. The first-order valence-electron chi connectivity index (χ1n) is 7.24. The predicted octanol–water partition coefficient (Wildman–Crippen LogP) is 2.76. The number of carbonyl (C=O) groups excluding carboxylic acids is 1. The zero-order valence-corrected chi connectivity index (χ0v) is 12.6. The van der Waals surface area contributed by atoms with Gasteiger partial charge in [-0.2, -0.15) is 0 Å². The van der Waals surface area contributed by atoms with Gasteiger partial charge in [0.25, 0.3) is 5.91 Å². The minimum absolute atomic E-state index is 0.223. The van der Waals surface area contributed by atoms with Crippen molar-refractivity contribution >= 4 is 11.6 Å². The summed E-state index contributed by atoms with van der Waals surface area (Å²) in [5.41, 5.74) is -0.351. The van der Waals surface area contributed by atoms with Crippen LogP contribution in [0, 0.1) is 21.8 Å². The second kappa shape index (κ2) is 6.72. The van der Waals surface area contributed by atoms with E-state index in [2.05, 4.69) is 0 Å². The molecule has 0 saturated heterocycles. The first-order valence-corrected chi connectivity index (χ1v) is 7.24. The Kier molecular flexibility index (Phi) is 4.95. The van der Waals surface area contributed by atoms with E-state index in [1.807, 2.05) is 13.8 Å². The van der Waals surface area contributed by atoms with Gasteiger partial charge in [-0.15, -0.1) is 0 Å². The Morgan fingerprint density at radius 1 is 1.50 bits per heavy atom. The summed E-state index contributed by atoms with van der Waals surface area (Å²) in [6.45, 7) is 4.33. The van der Waals surface area contributed by atoms with Gasteiger partial charge in [0.2, 0.25) is 5.75 Å². The van der Waals surface area contributed by atoms with Crippen molar-refractivity contribution in [1.29, 1.82) is 0 Å². The number of hydrogen-bond acceptors (Lipinski definition) is 4. The lowest BCUT2D eigenvalue weighted by molar-refractivity contribution is -0.385. The third-order valence-electron chi connectivity index (χ3n) is 3.34. The molecule has 0 N–H and O–H groups in total. The topological polar surface area (TPSA) is 72.7 Å². The monoisotopic (exact) mass is 310 g/mol. The second-order valence-corrected chi connectivity index (χ2v) is 5.83. The van der Waals surface area contributed by atoms with E-state index < -0.39 is 10.7 Å². The van der Waals surface area contributed by atoms with Crippen molar-refractivity contribution in [2.75, 3.05) is 13.2 Å². The Labute approximate surface area is 128 Å². The third-order valence-corrected chi connectivity index (χ3v) is 3.34. The maximum atomic E-state index is 13.2. The highest BCUT2D eigenvalue weighted by Gasteiger charge is 2.33. The fraction of sp³-hybridized carbons (Fsp3) is 0.533. The molecule has 1 saturated carbocycles. The molecule has 0 radical (unpaired) electrons. The van der Waals surface area contributed by atoms with E-state index in [1.165, 1.54) is 0 Å². The first kappa shape index (κ1) is 16.2. The number of nitro benzene ring substituents is 1. The molecule has 120 valence electrons. The molecule has 1 aliphatic rings. The van der Waals surface area contributed by atoms with Crippen molar-refractivity contribution in [3.63, 3.8) is 0 Å². The second-order valence-electron chi connectivity index (χ2n) is 5.83. The Hall–Kier alpha value is -2.18. The van der Waals surface area contributed by atoms with Crippen molar-refractivity contribution < 1.29 is 18.8 Å². The maximum Gasteiger partial charge on any atom is 0.311 e. The van der Waals surface area contributed by atoms with Gasteiger partial charge < -0.3 is 9.64 Å². The molecule has 1 amide bonds. The Balaban J connectivity index is 2.03. The number of carbonyl (C=O) groups is 1. The molecule has 1 aliphatic carbocycles. The molecule has 7 heteroatoms. The van der Waals surface area contributed by atoms with E-state index in [-0.39, 0.29) is 30.0 Å². The summed E-state index contributed by atoms with van der Waals surface area (Å²) in [4.78, 5) is 24.2. The quantitative estimate of drug-likeness (QED) is 0.573. The normalized spacial score (nSPS) is 14.0. The van der Waals surface area contributed by atoms with Crippen LogP contribution in [0.5, 0.6) is 5.75 Å². The van der Waals surface area contributed by atoms with Gasteiger partial charge in [0.15, 0.2) is 6.61 Å². The van der Waals surface area contributed by atoms with Crippen LogP contribution < -0.4 is 4.74 Å². The fourth-order valence-electron chi connectivity index (χ4n) is 2.21. The number of amides is 1. The van der Waals surface area contributed by atoms with Gasteiger partial charge in [0, 0.05) is 24.7 Å².